The Morgan fingerprint density at radius 1 is 1.56 bits per heavy atom. The summed E-state index contributed by atoms with van der Waals surface area (Å²) in [6, 6.07) is 3.50. The number of pyridine rings is 1. The van der Waals surface area contributed by atoms with Gasteiger partial charge in [-0.05, 0) is 11.6 Å². The standard InChI is InChI=1S/C12H14N2O4/c15-10(6-9-2-1-4-13-7-9)14-12(11(16)17)3-5-18-8-12/h1-2,4,7H,3,5-6,8H2,(H,14,15)(H,16,17). The molecule has 1 aromatic rings. The van der Waals surface area contributed by atoms with Crippen LogP contribution in [0.25, 0.3) is 0 Å². The molecule has 1 saturated heterocycles. The van der Waals surface area contributed by atoms with E-state index in [4.69, 9.17) is 4.74 Å². The van der Waals surface area contributed by atoms with Gasteiger partial charge in [0.05, 0.1) is 13.0 Å². The van der Waals surface area contributed by atoms with E-state index in [1.807, 2.05) is 0 Å². The number of carboxylic acid groups (broad SMARTS) is 1. The van der Waals surface area contributed by atoms with Gasteiger partial charge in [0, 0.05) is 25.4 Å². The van der Waals surface area contributed by atoms with Crippen molar-refractivity contribution in [3.05, 3.63) is 30.1 Å². The Morgan fingerprint density at radius 2 is 2.39 bits per heavy atom. The number of hydrogen-bond acceptors (Lipinski definition) is 4. The van der Waals surface area contributed by atoms with Gasteiger partial charge in [-0.25, -0.2) is 4.79 Å². The van der Waals surface area contributed by atoms with Crippen LogP contribution in [0.3, 0.4) is 0 Å². The molecule has 0 aliphatic carbocycles. The van der Waals surface area contributed by atoms with E-state index in [1.165, 1.54) is 0 Å². The van der Waals surface area contributed by atoms with E-state index in [0.717, 1.165) is 5.56 Å². The maximum absolute atomic E-state index is 11.8. The molecule has 6 heteroatoms. The van der Waals surface area contributed by atoms with Crippen LogP contribution in [0, 0.1) is 0 Å². The first-order valence-corrected chi connectivity index (χ1v) is 5.63. The van der Waals surface area contributed by atoms with Crippen LogP contribution in [-0.2, 0) is 20.7 Å². The Kier molecular flexibility index (Phi) is 3.57. The molecule has 1 atom stereocenters. The van der Waals surface area contributed by atoms with E-state index < -0.39 is 11.5 Å². The molecule has 0 aromatic carbocycles. The van der Waals surface area contributed by atoms with Gasteiger partial charge in [0.2, 0.25) is 5.91 Å². The van der Waals surface area contributed by atoms with E-state index in [1.54, 1.807) is 24.5 Å². The zero-order chi connectivity index (χ0) is 13.0. The van der Waals surface area contributed by atoms with Crippen LogP contribution >= 0.6 is 0 Å². The molecule has 2 rings (SSSR count). The Bertz CT molecular complexity index is 441. The van der Waals surface area contributed by atoms with Gasteiger partial charge in [0.1, 0.15) is 0 Å². The Balaban J connectivity index is 2.00. The number of nitrogens with zero attached hydrogens (tertiary/aromatic N) is 1. The van der Waals surface area contributed by atoms with Crippen LogP contribution in [0.1, 0.15) is 12.0 Å². The number of carboxylic acids is 1. The van der Waals surface area contributed by atoms with Crippen molar-refractivity contribution < 1.29 is 19.4 Å². The SMILES string of the molecule is O=C(Cc1cccnc1)NC1(C(=O)O)CCOC1. The molecule has 0 spiro atoms. The van der Waals surface area contributed by atoms with Crippen LogP contribution < -0.4 is 5.32 Å². The normalized spacial score (nSPS) is 22.7. The predicted octanol–water partition coefficient (Wildman–Crippen LogP) is -0.0160. The van der Waals surface area contributed by atoms with E-state index in [9.17, 15) is 14.7 Å². The maximum Gasteiger partial charge on any atom is 0.331 e. The molecule has 0 saturated carbocycles. The topological polar surface area (TPSA) is 88.5 Å². The maximum atomic E-state index is 11.8. The van der Waals surface area contributed by atoms with Crippen molar-refractivity contribution in [1.29, 1.82) is 0 Å². The van der Waals surface area contributed by atoms with Gasteiger partial charge < -0.3 is 15.2 Å². The summed E-state index contributed by atoms with van der Waals surface area (Å²) in [4.78, 5) is 26.9. The number of nitrogens with one attached hydrogen (secondary N) is 1. The zero-order valence-electron chi connectivity index (χ0n) is 9.76. The Hall–Kier alpha value is -1.95. The molecule has 1 fully saturated rings. The number of carbonyl (C=O) groups excluding carboxylic acids is 1. The molecule has 1 amide bonds. The number of rotatable bonds is 4. The first-order chi connectivity index (χ1) is 8.62. The van der Waals surface area contributed by atoms with Crippen molar-refractivity contribution in [2.75, 3.05) is 13.2 Å². The number of hydrogen-bond donors (Lipinski definition) is 2. The zero-order valence-corrected chi connectivity index (χ0v) is 9.76. The van der Waals surface area contributed by atoms with E-state index in [2.05, 4.69) is 10.3 Å². The van der Waals surface area contributed by atoms with Crippen LogP contribution in [0.2, 0.25) is 0 Å². The quantitative estimate of drug-likeness (QED) is 0.784. The molecular formula is C12H14N2O4. The molecule has 6 nitrogen and oxygen atoms in total. The molecule has 96 valence electrons. The van der Waals surface area contributed by atoms with Crippen LogP contribution in [-0.4, -0.2) is 40.7 Å². The average Bonchev–Trinajstić information content (AvgIpc) is 2.80. The van der Waals surface area contributed by atoms with Crippen molar-refractivity contribution in [2.45, 2.75) is 18.4 Å². The molecule has 0 bridgehead atoms. The van der Waals surface area contributed by atoms with Crippen molar-refractivity contribution >= 4 is 11.9 Å². The van der Waals surface area contributed by atoms with E-state index in [0.29, 0.717) is 13.0 Å². The summed E-state index contributed by atoms with van der Waals surface area (Å²) in [5.41, 5.74) is -0.534. The minimum atomic E-state index is -1.28. The van der Waals surface area contributed by atoms with Gasteiger partial charge in [-0.3, -0.25) is 9.78 Å². The molecule has 2 heterocycles. The number of aliphatic carboxylic acids is 1. The fourth-order valence-electron chi connectivity index (χ4n) is 1.88. The second-order valence-electron chi connectivity index (χ2n) is 4.28. The van der Waals surface area contributed by atoms with Gasteiger partial charge in [-0.15, -0.1) is 0 Å². The third kappa shape index (κ3) is 2.65. The summed E-state index contributed by atoms with van der Waals surface area (Å²) >= 11 is 0. The van der Waals surface area contributed by atoms with Crippen molar-refractivity contribution in [1.82, 2.24) is 10.3 Å². The minimum absolute atomic E-state index is 0.0150. The van der Waals surface area contributed by atoms with Crippen LogP contribution in [0.15, 0.2) is 24.5 Å². The fourth-order valence-corrected chi connectivity index (χ4v) is 1.88. The van der Waals surface area contributed by atoms with Crippen molar-refractivity contribution in [2.24, 2.45) is 0 Å². The highest BCUT2D eigenvalue weighted by Gasteiger charge is 2.43. The first kappa shape index (κ1) is 12.5. The molecule has 1 aliphatic heterocycles. The van der Waals surface area contributed by atoms with Crippen molar-refractivity contribution in [3.8, 4) is 0 Å². The highest BCUT2D eigenvalue weighted by molar-refractivity contribution is 5.88. The highest BCUT2D eigenvalue weighted by atomic mass is 16.5. The van der Waals surface area contributed by atoms with E-state index in [-0.39, 0.29) is 18.9 Å². The van der Waals surface area contributed by atoms with Crippen molar-refractivity contribution in [3.63, 3.8) is 0 Å². The highest BCUT2D eigenvalue weighted by Crippen LogP contribution is 2.19. The lowest BCUT2D eigenvalue weighted by Crippen LogP contribution is -2.55. The monoisotopic (exact) mass is 250 g/mol. The van der Waals surface area contributed by atoms with Crippen LogP contribution in [0.4, 0.5) is 0 Å². The molecular weight excluding hydrogens is 236 g/mol. The second kappa shape index (κ2) is 5.14. The lowest BCUT2D eigenvalue weighted by molar-refractivity contribution is -0.147. The molecule has 0 radical (unpaired) electrons. The summed E-state index contributed by atoms with van der Waals surface area (Å²) in [6.07, 6.45) is 3.60. The summed E-state index contributed by atoms with van der Waals surface area (Å²) in [6.45, 7) is 0.362. The lowest BCUT2D eigenvalue weighted by Gasteiger charge is -2.23. The molecule has 1 aromatic heterocycles. The van der Waals surface area contributed by atoms with Crippen LogP contribution in [0.5, 0.6) is 0 Å². The number of amides is 1. The summed E-state index contributed by atoms with van der Waals surface area (Å²) in [5.74, 6) is -1.39. The fraction of sp³-hybridized carbons (Fsp3) is 0.417. The average molecular weight is 250 g/mol. The molecule has 1 aliphatic rings. The minimum Gasteiger partial charge on any atom is -0.479 e. The number of aromatic nitrogens is 1. The smallest absolute Gasteiger partial charge is 0.331 e. The Labute approximate surface area is 104 Å². The number of ether oxygens (including phenoxy) is 1. The summed E-state index contributed by atoms with van der Waals surface area (Å²) in [5, 5.41) is 11.7. The van der Waals surface area contributed by atoms with Gasteiger partial charge in [-0.1, -0.05) is 6.07 Å². The number of carbonyl (C=O) groups is 2. The molecule has 1 unspecified atom stereocenters. The Morgan fingerprint density at radius 3 is 2.94 bits per heavy atom. The van der Waals surface area contributed by atoms with Gasteiger partial charge >= 0.3 is 5.97 Å². The van der Waals surface area contributed by atoms with E-state index >= 15 is 0 Å². The summed E-state index contributed by atoms with van der Waals surface area (Å²) < 4.78 is 5.06. The third-order valence-electron chi connectivity index (χ3n) is 2.90. The predicted molar refractivity (Wildman–Crippen MR) is 61.9 cm³/mol. The molecule has 2 N–H and O–H groups in total. The summed E-state index contributed by atoms with van der Waals surface area (Å²) in [7, 11) is 0. The first-order valence-electron chi connectivity index (χ1n) is 5.63. The lowest BCUT2D eigenvalue weighted by atomic mass is 9.98. The van der Waals surface area contributed by atoms with Gasteiger partial charge in [-0.2, -0.15) is 0 Å². The second-order valence-corrected chi connectivity index (χ2v) is 4.28. The molecule has 18 heavy (non-hydrogen) atoms. The largest absolute Gasteiger partial charge is 0.479 e. The third-order valence-corrected chi connectivity index (χ3v) is 2.90. The van der Waals surface area contributed by atoms with Gasteiger partial charge in [0.15, 0.2) is 5.54 Å². The van der Waals surface area contributed by atoms with Gasteiger partial charge in [0.25, 0.3) is 0 Å².